The van der Waals surface area contributed by atoms with Gasteiger partial charge in [0.05, 0.1) is 5.69 Å². The van der Waals surface area contributed by atoms with Crippen LogP contribution in [0, 0.1) is 6.92 Å². The number of hydrogen-bond acceptors (Lipinski definition) is 4. The predicted octanol–water partition coefficient (Wildman–Crippen LogP) is 4.73. The molecule has 0 aliphatic rings. The van der Waals surface area contributed by atoms with E-state index in [0.717, 1.165) is 16.8 Å². The summed E-state index contributed by atoms with van der Waals surface area (Å²) in [6, 6.07) is 25.6. The molecule has 0 bridgehead atoms. The topological polar surface area (TPSA) is 50.4 Å². The van der Waals surface area contributed by atoms with E-state index in [1.54, 1.807) is 0 Å². The minimum absolute atomic E-state index is 0.450. The summed E-state index contributed by atoms with van der Waals surface area (Å²) in [5.74, 6) is 0. The van der Waals surface area contributed by atoms with Gasteiger partial charge in [-0.15, -0.1) is 5.10 Å². The molecule has 1 aromatic heterocycles. The van der Waals surface area contributed by atoms with Crippen molar-refractivity contribution < 1.29 is 4.42 Å². The zero-order valence-corrected chi connectivity index (χ0v) is 13.8. The smallest absolute Gasteiger partial charge is 0.263 e. The van der Waals surface area contributed by atoms with Gasteiger partial charge < -0.3 is 4.42 Å². The average molecular weight is 327 g/mol. The zero-order valence-electron chi connectivity index (χ0n) is 13.8. The number of anilines is 1. The van der Waals surface area contributed by atoms with Gasteiger partial charge in [0.2, 0.25) is 0 Å². The van der Waals surface area contributed by atoms with E-state index in [1.807, 2.05) is 78.9 Å². The lowest BCUT2D eigenvalue weighted by Crippen LogP contribution is -2.11. The molecular weight excluding hydrogens is 310 g/mol. The summed E-state index contributed by atoms with van der Waals surface area (Å²) < 4.78 is 6.00. The van der Waals surface area contributed by atoms with Crippen molar-refractivity contribution in [3.05, 3.63) is 90.0 Å². The number of benzene rings is 3. The normalized spacial score (nSPS) is 11.6. The fourth-order valence-electron chi connectivity index (χ4n) is 2.56. The van der Waals surface area contributed by atoms with E-state index in [4.69, 9.17) is 9.40 Å². The monoisotopic (exact) mass is 327 g/mol. The zero-order chi connectivity index (χ0) is 17.1. The van der Waals surface area contributed by atoms with Crippen molar-refractivity contribution in [2.24, 2.45) is 5.10 Å². The Balaban J connectivity index is 1.85. The number of hydrogen-bond donors (Lipinski definition) is 1. The minimum Gasteiger partial charge on any atom is -0.434 e. The second-order valence-corrected chi connectivity index (χ2v) is 5.79. The van der Waals surface area contributed by atoms with Crippen molar-refractivity contribution in [2.75, 3.05) is 5.43 Å². The lowest BCUT2D eigenvalue weighted by atomic mass is 10.1. The summed E-state index contributed by atoms with van der Waals surface area (Å²) in [7, 11) is 0. The van der Waals surface area contributed by atoms with E-state index in [1.165, 1.54) is 5.56 Å². The van der Waals surface area contributed by atoms with Crippen LogP contribution in [-0.2, 0) is 0 Å². The highest BCUT2D eigenvalue weighted by Crippen LogP contribution is 2.17. The fraction of sp³-hybridized carbons (Fsp3) is 0.0476. The van der Waals surface area contributed by atoms with Crippen LogP contribution in [0.25, 0.3) is 22.4 Å². The molecule has 4 nitrogen and oxygen atoms in total. The van der Waals surface area contributed by atoms with E-state index in [-0.39, 0.29) is 0 Å². The lowest BCUT2D eigenvalue weighted by molar-refractivity contribution is 0.538. The Morgan fingerprint density at radius 2 is 1.56 bits per heavy atom. The Hall–Kier alpha value is -3.40. The van der Waals surface area contributed by atoms with Crippen LogP contribution in [0.2, 0.25) is 0 Å². The Kier molecular flexibility index (Phi) is 4.01. The molecule has 122 valence electrons. The van der Waals surface area contributed by atoms with Gasteiger partial charge in [-0.2, -0.15) is 0 Å². The van der Waals surface area contributed by atoms with Gasteiger partial charge >= 0.3 is 0 Å². The summed E-state index contributed by atoms with van der Waals surface area (Å²) in [6.45, 7) is 2.05. The number of aryl methyl sites for hydroxylation is 1. The molecule has 1 N–H and O–H groups in total. The second-order valence-electron chi connectivity index (χ2n) is 5.79. The lowest BCUT2D eigenvalue weighted by Gasteiger charge is -2.05. The van der Waals surface area contributed by atoms with Gasteiger partial charge in [0.1, 0.15) is 11.2 Å². The van der Waals surface area contributed by atoms with Crippen LogP contribution in [0.1, 0.15) is 5.56 Å². The Bertz CT molecular complexity index is 1070. The SMILES string of the molecule is Cc1ccc(N/N=c2/oc3ccccc3nc2-c2ccccc2)cc1. The Morgan fingerprint density at radius 3 is 2.36 bits per heavy atom. The van der Waals surface area contributed by atoms with E-state index >= 15 is 0 Å². The van der Waals surface area contributed by atoms with Crippen LogP contribution in [-0.4, -0.2) is 4.98 Å². The molecule has 0 saturated carbocycles. The number of aromatic nitrogens is 1. The third kappa shape index (κ3) is 3.28. The van der Waals surface area contributed by atoms with E-state index < -0.39 is 0 Å². The molecule has 0 radical (unpaired) electrons. The molecular formula is C21H17N3O. The standard InChI is InChI=1S/C21H17N3O/c1-15-11-13-17(14-12-15)23-24-21-20(16-7-3-2-4-8-16)22-18-9-5-6-10-19(18)25-21/h2-14,23H,1H3/b24-21+. The first-order chi connectivity index (χ1) is 12.3. The molecule has 0 unspecified atom stereocenters. The molecule has 0 aliphatic carbocycles. The van der Waals surface area contributed by atoms with Gasteiger partial charge in [-0.05, 0) is 31.2 Å². The molecule has 4 aromatic rings. The molecule has 0 atom stereocenters. The summed E-state index contributed by atoms with van der Waals surface area (Å²) >= 11 is 0. The van der Waals surface area contributed by atoms with Gasteiger partial charge in [-0.25, -0.2) is 4.98 Å². The maximum atomic E-state index is 6.00. The molecule has 0 aliphatic heterocycles. The molecule has 4 rings (SSSR count). The fourth-order valence-corrected chi connectivity index (χ4v) is 2.56. The number of fused-ring (bicyclic) bond motifs is 1. The minimum atomic E-state index is 0.450. The van der Waals surface area contributed by atoms with Crippen LogP contribution in [0.3, 0.4) is 0 Å². The predicted molar refractivity (Wildman–Crippen MR) is 99.8 cm³/mol. The molecule has 0 spiro atoms. The van der Waals surface area contributed by atoms with Gasteiger partial charge in [-0.3, -0.25) is 5.43 Å². The van der Waals surface area contributed by atoms with Gasteiger partial charge in [0.15, 0.2) is 5.58 Å². The first-order valence-corrected chi connectivity index (χ1v) is 8.11. The first kappa shape index (κ1) is 15.1. The summed E-state index contributed by atoms with van der Waals surface area (Å²) in [5, 5.41) is 4.45. The van der Waals surface area contributed by atoms with E-state index in [0.29, 0.717) is 16.8 Å². The van der Waals surface area contributed by atoms with Crippen molar-refractivity contribution in [3.63, 3.8) is 0 Å². The highest BCUT2D eigenvalue weighted by atomic mass is 16.3. The Labute approximate surface area is 145 Å². The van der Waals surface area contributed by atoms with Gasteiger partial charge in [0.25, 0.3) is 5.55 Å². The van der Waals surface area contributed by atoms with Crippen LogP contribution >= 0.6 is 0 Å². The van der Waals surface area contributed by atoms with Crippen LogP contribution in [0.5, 0.6) is 0 Å². The Morgan fingerprint density at radius 1 is 0.840 bits per heavy atom. The number of para-hydroxylation sites is 2. The molecule has 3 aromatic carbocycles. The number of rotatable bonds is 3. The van der Waals surface area contributed by atoms with Crippen molar-refractivity contribution in [1.29, 1.82) is 0 Å². The van der Waals surface area contributed by atoms with Crippen molar-refractivity contribution >= 4 is 16.8 Å². The van der Waals surface area contributed by atoms with Crippen LogP contribution in [0.15, 0.2) is 88.4 Å². The summed E-state index contributed by atoms with van der Waals surface area (Å²) in [5.41, 5.74) is 8.77. The maximum absolute atomic E-state index is 6.00. The quantitative estimate of drug-likeness (QED) is 0.553. The highest BCUT2D eigenvalue weighted by molar-refractivity contribution is 5.74. The molecule has 1 heterocycles. The van der Waals surface area contributed by atoms with E-state index in [9.17, 15) is 0 Å². The highest BCUT2D eigenvalue weighted by Gasteiger charge is 2.08. The molecule has 4 heteroatoms. The van der Waals surface area contributed by atoms with Crippen molar-refractivity contribution in [1.82, 2.24) is 4.98 Å². The largest absolute Gasteiger partial charge is 0.434 e. The number of nitrogens with one attached hydrogen (secondary N) is 1. The second kappa shape index (κ2) is 6.61. The molecule has 25 heavy (non-hydrogen) atoms. The van der Waals surface area contributed by atoms with E-state index in [2.05, 4.69) is 17.5 Å². The third-order valence-corrected chi connectivity index (χ3v) is 3.89. The van der Waals surface area contributed by atoms with Gasteiger partial charge in [0, 0.05) is 5.56 Å². The summed E-state index contributed by atoms with van der Waals surface area (Å²) in [6.07, 6.45) is 0. The van der Waals surface area contributed by atoms with Crippen molar-refractivity contribution in [3.8, 4) is 11.3 Å². The van der Waals surface area contributed by atoms with Crippen LogP contribution < -0.4 is 11.0 Å². The average Bonchev–Trinajstić information content (AvgIpc) is 2.67. The van der Waals surface area contributed by atoms with Crippen LogP contribution in [0.4, 0.5) is 5.69 Å². The summed E-state index contributed by atoms with van der Waals surface area (Å²) in [4.78, 5) is 4.74. The molecule has 0 amide bonds. The maximum Gasteiger partial charge on any atom is 0.263 e. The third-order valence-electron chi connectivity index (χ3n) is 3.89. The first-order valence-electron chi connectivity index (χ1n) is 8.11. The van der Waals surface area contributed by atoms with Gasteiger partial charge in [-0.1, -0.05) is 60.2 Å². The number of nitrogens with zero attached hydrogens (tertiary/aromatic N) is 2. The van der Waals surface area contributed by atoms with Crippen molar-refractivity contribution in [2.45, 2.75) is 6.92 Å². The molecule has 0 saturated heterocycles. The molecule has 0 fully saturated rings.